The van der Waals surface area contributed by atoms with Gasteiger partial charge in [0.25, 0.3) is 5.91 Å². The largest absolute Gasteiger partial charge is 0.497 e. The SMILES string of the molecule is COc1ccc(OC)c(NC(=O)COC(=O)c2cccc(N3C(=O)[C@@H]4[C@@H]5C[C@@H]([C@@H]4C3=O)[C@@H](c3ccccc3)C5)c2)c1. The van der Waals surface area contributed by atoms with E-state index in [0.29, 0.717) is 22.9 Å². The zero-order chi connectivity index (χ0) is 28.7. The van der Waals surface area contributed by atoms with Crippen molar-refractivity contribution in [2.24, 2.45) is 23.7 Å². The van der Waals surface area contributed by atoms with Gasteiger partial charge in [-0.3, -0.25) is 19.3 Å². The van der Waals surface area contributed by atoms with Crippen LogP contribution in [-0.2, 0) is 19.1 Å². The molecule has 3 aromatic rings. The van der Waals surface area contributed by atoms with Gasteiger partial charge in [0.1, 0.15) is 11.5 Å². The highest BCUT2D eigenvalue weighted by molar-refractivity contribution is 6.23. The monoisotopic (exact) mass is 554 g/mol. The summed E-state index contributed by atoms with van der Waals surface area (Å²) in [7, 11) is 2.98. The molecule has 3 fully saturated rings. The Bertz CT molecular complexity index is 1520. The van der Waals surface area contributed by atoms with Gasteiger partial charge in [-0.05, 0) is 66.5 Å². The second-order valence-corrected chi connectivity index (χ2v) is 10.7. The highest BCUT2D eigenvalue weighted by Gasteiger charge is 2.64. The van der Waals surface area contributed by atoms with Crippen molar-refractivity contribution in [1.29, 1.82) is 0 Å². The van der Waals surface area contributed by atoms with E-state index < -0.39 is 18.5 Å². The Morgan fingerprint density at radius 3 is 2.41 bits per heavy atom. The number of benzene rings is 3. The first kappa shape index (κ1) is 26.6. The van der Waals surface area contributed by atoms with Crippen molar-refractivity contribution >= 4 is 35.1 Å². The third-order valence-corrected chi connectivity index (χ3v) is 8.60. The van der Waals surface area contributed by atoms with E-state index in [1.165, 1.54) is 36.8 Å². The van der Waals surface area contributed by atoms with Crippen LogP contribution in [0.3, 0.4) is 0 Å². The fourth-order valence-electron chi connectivity index (χ4n) is 6.88. The Morgan fingerprint density at radius 2 is 1.66 bits per heavy atom. The topological polar surface area (TPSA) is 111 Å². The minimum atomic E-state index is -0.747. The summed E-state index contributed by atoms with van der Waals surface area (Å²) < 4.78 is 15.7. The number of amides is 3. The van der Waals surface area contributed by atoms with Gasteiger partial charge in [0, 0.05) is 6.07 Å². The molecule has 9 nitrogen and oxygen atoms in total. The van der Waals surface area contributed by atoms with E-state index in [1.54, 1.807) is 30.3 Å². The van der Waals surface area contributed by atoms with Crippen LogP contribution in [0.4, 0.5) is 11.4 Å². The first-order valence-corrected chi connectivity index (χ1v) is 13.6. The maximum absolute atomic E-state index is 13.6. The van der Waals surface area contributed by atoms with Gasteiger partial charge in [0.15, 0.2) is 6.61 Å². The number of carbonyl (C=O) groups is 4. The normalized spacial score (nSPS) is 24.2. The lowest BCUT2D eigenvalue weighted by Crippen LogP contribution is -2.33. The van der Waals surface area contributed by atoms with Crippen LogP contribution in [0.1, 0.15) is 34.7 Å². The molecule has 2 aliphatic carbocycles. The molecular weight excluding hydrogens is 524 g/mol. The zero-order valence-corrected chi connectivity index (χ0v) is 22.7. The molecule has 0 spiro atoms. The fourth-order valence-corrected chi connectivity index (χ4v) is 6.88. The molecule has 3 amide bonds. The van der Waals surface area contributed by atoms with Crippen LogP contribution in [0.5, 0.6) is 11.5 Å². The predicted octanol–water partition coefficient (Wildman–Crippen LogP) is 4.43. The summed E-state index contributed by atoms with van der Waals surface area (Å²) in [5.74, 6) is -0.870. The van der Waals surface area contributed by atoms with Crippen molar-refractivity contribution in [3.8, 4) is 11.5 Å². The van der Waals surface area contributed by atoms with Crippen LogP contribution in [0, 0.1) is 23.7 Å². The molecule has 5 atom stereocenters. The number of ether oxygens (including phenoxy) is 3. The predicted molar refractivity (Wildman–Crippen MR) is 150 cm³/mol. The number of nitrogens with zero attached hydrogens (tertiary/aromatic N) is 1. The van der Waals surface area contributed by atoms with Gasteiger partial charge in [0.2, 0.25) is 11.8 Å². The molecule has 0 unspecified atom stereocenters. The molecule has 0 radical (unpaired) electrons. The lowest BCUT2D eigenvalue weighted by molar-refractivity contribution is -0.123. The van der Waals surface area contributed by atoms with Crippen molar-refractivity contribution < 1.29 is 33.4 Å². The molecule has 2 bridgehead atoms. The van der Waals surface area contributed by atoms with E-state index >= 15 is 0 Å². The molecule has 9 heteroatoms. The van der Waals surface area contributed by atoms with Crippen molar-refractivity contribution in [3.63, 3.8) is 0 Å². The lowest BCUT2D eigenvalue weighted by atomic mass is 9.73. The maximum Gasteiger partial charge on any atom is 0.338 e. The molecule has 0 aromatic heterocycles. The van der Waals surface area contributed by atoms with E-state index in [4.69, 9.17) is 14.2 Å². The third kappa shape index (κ3) is 4.71. The van der Waals surface area contributed by atoms with E-state index in [0.717, 1.165) is 12.8 Å². The van der Waals surface area contributed by atoms with Crippen LogP contribution in [0.15, 0.2) is 72.8 Å². The second-order valence-electron chi connectivity index (χ2n) is 10.7. The maximum atomic E-state index is 13.6. The molecule has 3 aliphatic rings. The molecule has 1 aliphatic heterocycles. The summed E-state index contributed by atoms with van der Waals surface area (Å²) in [6.45, 7) is -0.542. The van der Waals surface area contributed by atoms with Gasteiger partial charge in [-0.25, -0.2) is 4.79 Å². The van der Waals surface area contributed by atoms with Crippen molar-refractivity contribution in [3.05, 3.63) is 83.9 Å². The Labute approximate surface area is 237 Å². The van der Waals surface area contributed by atoms with Crippen LogP contribution in [-0.4, -0.2) is 44.5 Å². The van der Waals surface area contributed by atoms with Gasteiger partial charge in [-0.1, -0.05) is 36.4 Å². The summed E-state index contributed by atoms with van der Waals surface area (Å²) in [4.78, 5) is 53.7. The average molecular weight is 555 g/mol. The summed E-state index contributed by atoms with van der Waals surface area (Å²) in [6, 6.07) is 21.4. The Kier molecular flexibility index (Phi) is 6.95. The highest BCUT2D eigenvalue weighted by Crippen LogP contribution is 2.61. The number of hydrogen-bond donors (Lipinski definition) is 1. The van der Waals surface area contributed by atoms with E-state index in [1.807, 2.05) is 18.2 Å². The number of fused-ring (bicyclic) bond motifs is 5. The molecule has 1 N–H and O–H groups in total. The molecule has 6 rings (SSSR count). The Hall–Kier alpha value is -4.66. The summed E-state index contributed by atoms with van der Waals surface area (Å²) >= 11 is 0. The third-order valence-electron chi connectivity index (χ3n) is 8.60. The van der Waals surface area contributed by atoms with Gasteiger partial charge >= 0.3 is 5.97 Å². The number of carbonyl (C=O) groups excluding carboxylic acids is 4. The van der Waals surface area contributed by atoms with E-state index in [-0.39, 0.29) is 47.0 Å². The molecule has 3 aromatic carbocycles. The average Bonchev–Trinajstić information content (AvgIpc) is 3.67. The van der Waals surface area contributed by atoms with E-state index in [9.17, 15) is 19.2 Å². The number of hydrogen-bond acceptors (Lipinski definition) is 7. The van der Waals surface area contributed by atoms with Crippen LogP contribution < -0.4 is 19.7 Å². The Morgan fingerprint density at radius 1 is 0.878 bits per heavy atom. The number of esters is 1. The van der Waals surface area contributed by atoms with Crippen molar-refractivity contribution in [2.75, 3.05) is 31.0 Å². The number of nitrogens with one attached hydrogen (secondary N) is 1. The second kappa shape index (κ2) is 10.7. The summed E-state index contributed by atoms with van der Waals surface area (Å²) in [5.41, 5.74) is 2.06. The molecule has 210 valence electrons. The molecule has 41 heavy (non-hydrogen) atoms. The summed E-state index contributed by atoms with van der Waals surface area (Å²) in [5, 5.41) is 2.64. The van der Waals surface area contributed by atoms with Crippen LogP contribution in [0.2, 0.25) is 0 Å². The van der Waals surface area contributed by atoms with E-state index in [2.05, 4.69) is 17.4 Å². The van der Waals surface area contributed by atoms with Gasteiger partial charge in [0.05, 0.1) is 43.0 Å². The first-order chi connectivity index (χ1) is 19.9. The Balaban J connectivity index is 1.13. The summed E-state index contributed by atoms with van der Waals surface area (Å²) in [6.07, 6.45) is 1.79. The first-order valence-electron chi connectivity index (χ1n) is 13.6. The van der Waals surface area contributed by atoms with Gasteiger partial charge < -0.3 is 19.5 Å². The lowest BCUT2D eigenvalue weighted by Gasteiger charge is -2.28. The molecule has 1 saturated heterocycles. The zero-order valence-electron chi connectivity index (χ0n) is 22.7. The van der Waals surface area contributed by atoms with Gasteiger partial charge in [-0.2, -0.15) is 0 Å². The molecular formula is C32H30N2O7. The number of rotatable bonds is 8. The van der Waals surface area contributed by atoms with Crippen LogP contribution in [0.25, 0.3) is 0 Å². The fraction of sp³-hybridized carbons (Fsp3) is 0.312. The van der Waals surface area contributed by atoms with Crippen molar-refractivity contribution in [1.82, 2.24) is 0 Å². The number of anilines is 2. The smallest absolute Gasteiger partial charge is 0.338 e. The van der Waals surface area contributed by atoms with Crippen molar-refractivity contribution in [2.45, 2.75) is 18.8 Å². The molecule has 2 saturated carbocycles. The number of methoxy groups -OCH3 is 2. The minimum Gasteiger partial charge on any atom is -0.497 e. The van der Waals surface area contributed by atoms with Crippen LogP contribution >= 0.6 is 0 Å². The minimum absolute atomic E-state index is 0.128. The number of imide groups is 1. The quantitative estimate of drug-likeness (QED) is 0.324. The standard InChI is InChI=1S/C32H30N2O7/c1-39-22-11-12-26(40-2)25(16-22)33-27(35)17-41-32(38)19-9-6-10-21(13-19)34-30(36)28-20-14-23(18-7-4-3-5-8-18)24(15-20)29(28)31(34)37/h3-13,16,20,23-24,28-29H,14-15,17H2,1-2H3,(H,33,35)/t20-,23+,24+,28+,29-/m0/s1. The highest BCUT2D eigenvalue weighted by atomic mass is 16.5. The van der Waals surface area contributed by atoms with Gasteiger partial charge in [-0.15, -0.1) is 0 Å². The molecule has 1 heterocycles.